The van der Waals surface area contributed by atoms with E-state index in [0.717, 1.165) is 17.7 Å². The number of ether oxygens (including phenoxy) is 1. The molecule has 0 fully saturated rings. The van der Waals surface area contributed by atoms with Crippen LogP contribution in [0.2, 0.25) is 0 Å². The second-order valence-corrected chi connectivity index (χ2v) is 5.21. The fraction of sp³-hybridized carbons (Fsp3) is 0.278. The summed E-state index contributed by atoms with van der Waals surface area (Å²) < 4.78 is 18.6. The van der Waals surface area contributed by atoms with Gasteiger partial charge in [0.25, 0.3) is 5.91 Å². The quantitative estimate of drug-likeness (QED) is 0.883. The lowest BCUT2D eigenvalue weighted by Crippen LogP contribution is -2.38. The van der Waals surface area contributed by atoms with Gasteiger partial charge in [0.05, 0.1) is 6.04 Å². The first kappa shape index (κ1) is 16.0. The van der Waals surface area contributed by atoms with Crippen LogP contribution in [-0.4, -0.2) is 18.6 Å². The van der Waals surface area contributed by atoms with Gasteiger partial charge in [-0.2, -0.15) is 0 Å². The van der Waals surface area contributed by atoms with Crippen LogP contribution in [0.5, 0.6) is 5.75 Å². The van der Waals surface area contributed by atoms with Crippen LogP contribution < -0.4 is 10.1 Å². The fourth-order valence-corrected chi connectivity index (χ4v) is 2.03. The molecule has 0 bridgehead atoms. The number of aryl methyl sites for hydroxylation is 1. The Bertz CT molecular complexity index is 625. The van der Waals surface area contributed by atoms with Crippen molar-refractivity contribution in [1.29, 1.82) is 0 Å². The fourth-order valence-electron chi connectivity index (χ4n) is 2.03. The molecule has 22 heavy (non-hydrogen) atoms. The van der Waals surface area contributed by atoms with Gasteiger partial charge in [-0.15, -0.1) is 0 Å². The first-order valence-corrected chi connectivity index (χ1v) is 7.34. The molecule has 116 valence electrons. The van der Waals surface area contributed by atoms with Crippen molar-refractivity contribution in [3.05, 3.63) is 65.5 Å². The number of carbonyl (C=O) groups is 1. The molecular weight excluding hydrogens is 281 g/mol. The van der Waals surface area contributed by atoms with Gasteiger partial charge in [0, 0.05) is 5.56 Å². The maximum Gasteiger partial charge on any atom is 0.251 e. The van der Waals surface area contributed by atoms with Crippen molar-refractivity contribution in [3.8, 4) is 5.75 Å². The van der Waals surface area contributed by atoms with Gasteiger partial charge in [-0.3, -0.25) is 4.79 Å². The van der Waals surface area contributed by atoms with E-state index in [1.807, 2.05) is 38.1 Å². The second-order valence-electron chi connectivity index (χ2n) is 5.21. The van der Waals surface area contributed by atoms with E-state index in [-0.39, 0.29) is 17.8 Å². The SMILES string of the molecule is CC[C@H](COc1cccc(C)c1)NC(=O)c1ccc(F)cc1. The Balaban J connectivity index is 1.91. The third-order valence-electron chi connectivity index (χ3n) is 3.38. The molecule has 1 N–H and O–H groups in total. The molecule has 0 unspecified atom stereocenters. The first-order chi connectivity index (χ1) is 10.6. The Morgan fingerprint density at radius 3 is 2.59 bits per heavy atom. The lowest BCUT2D eigenvalue weighted by Gasteiger charge is -2.18. The van der Waals surface area contributed by atoms with E-state index < -0.39 is 0 Å². The average molecular weight is 301 g/mol. The number of rotatable bonds is 6. The number of carbonyl (C=O) groups excluding carboxylic acids is 1. The maximum absolute atomic E-state index is 12.9. The largest absolute Gasteiger partial charge is 0.491 e. The van der Waals surface area contributed by atoms with Crippen LogP contribution in [0.25, 0.3) is 0 Å². The molecule has 0 aliphatic carbocycles. The van der Waals surface area contributed by atoms with Crippen LogP contribution in [0.3, 0.4) is 0 Å². The number of hydrogen-bond acceptors (Lipinski definition) is 2. The first-order valence-electron chi connectivity index (χ1n) is 7.34. The lowest BCUT2D eigenvalue weighted by atomic mass is 10.1. The topological polar surface area (TPSA) is 38.3 Å². The van der Waals surface area contributed by atoms with Gasteiger partial charge >= 0.3 is 0 Å². The third kappa shape index (κ3) is 4.58. The van der Waals surface area contributed by atoms with Gasteiger partial charge in [0.1, 0.15) is 18.2 Å². The van der Waals surface area contributed by atoms with Crippen LogP contribution in [0.1, 0.15) is 29.3 Å². The monoisotopic (exact) mass is 301 g/mol. The van der Waals surface area contributed by atoms with Crippen molar-refractivity contribution in [2.45, 2.75) is 26.3 Å². The molecule has 1 amide bonds. The molecule has 0 heterocycles. The summed E-state index contributed by atoms with van der Waals surface area (Å²) in [5.74, 6) is 0.209. The highest BCUT2D eigenvalue weighted by molar-refractivity contribution is 5.94. The van der Waals surface area contributed by atoms with Crippen molar-refractivity contribution in [3.63, 3.8) is 0 Å². The van der Waals surface area contributed by atoms with Crippen LogP contribution in [0.15, 0.2) is 48.5 Å². The molecule has 0 aromatic heterocycles. The number of benzene rings is 2. The van der Waals surface area contributed by atoms with E-state index in [4.69, 9.17) is 4.74 Å². The molecule has 4 heteroatoms. The Morgan fingerprint density at radius 1 is 1.23 bits per heavy atom. The van der Waals surface area contributed by atoms with E-state index in [2.05, 4.69) is 5.32 Å². The minimum Gasteiger partial charge on any atom is -0.491 e. The van der Waals surface area contributed by atoms with E-state index in [9.17, 15) is 9.18 Å². The zero-order valence-corrected chi connectivity index (χ0v) is 12.8. The minimum atomic E-state index is -0.355. The van der Waals surface area contributed by atoms with Gasteiger partial charge in [0.15, 0.2) is 0 Å². The van der Waals surface area contributed by atoms with Crippen LogP contribution in [0.4, 0.5) is 4.39 Å². The highest BCUT2D eigenvalue weighted by atomic mass is 19.1. The molecule has 0 spiro atoms. The smallest absolute Gasteiger partial charge is 0.251 e. The molecule has 0 saturated carbocycles. The lowest BCUT2D eigenvalue weighted by molar-refractivity contribution is 0.0920. The summed E-state index contributed by atoms with van der Waals surface area (Å²) in [6.07, 6.45) is 0.749. The van der Waals surface area contributed by atoms with Crippen molar-refractivity contribution in [1.82, 2.24) is 5.32 Å². The van der Waals surface area contributed by atoms with Crippen molar-refractivity contribution < 1.29 is 13.9 Å². The van der Waals surface area contributed by atoms with Gasteiger partial charge in [-0.25, -0.2) is 4.39 Å². The predicted octanol–water partition coefficient (Wildman–Crippen LogP) is 3.72. The van der Waals surface area contributed by atoms with Crippen molar-refractivity contribution >= 4 is 5.91 Å². The zero-order valence-electron chi connectivity index (χ0n) is 12.8. The molecule has 1 atom stereocenters. The summed E-state index contributed by atoms with van der Waals surface area (Å²) in [5.41, 5.74) is 1.57. The summed E-state index contributed by atoms with van der Waals surface area (Å²) >= 11 is 0. The van der Waals surface area contributed by atoms with E-state index in [1.165, 1.54) is 24.3 Å². The molecule has 2 rings (SSSR count). The van der Waals surface area contributed by atoms with E-state index >= 15 is 0 Å². The Hall–Kier alpha value is -2.36. The van der Waals surface area contributed by atoms with Crippen LogP contribution in [-0.2, 0) is 0 Å². The summed E-state index contributed by atoms with van der Waals surface area (Å²) in [7, 11) is 0. The number of hydrogen-bond donors (Lipinski definition) is 1. The summed E-state index contributed by atoms with van der Waals surface area (Å²) in [5, 5.41) is 2.90. The Kier molecular flexibility index (Phi) is 5.53. The third-order valence-corrected chi connectivity index (χ3v) is 3.38. The molecule has 0 radical (unpaired) electrons. The standard InChI is InChI=1S/C18H20FNO2/c1-3-16(12-22-17-6-4-5-13(2)11-17)20-18(21)14-7-9-15(19)10-8-14/h4-11,16H,3,12H2,1-2H3,(H,20,21)/t16-/m1/s1. The number of nitrogens with one attached hydrogen (secondary N) is 1. The summed E-state index contributed by atoms with van der Waals surface area (Å²) in [6.45, 7) is 4.38. The van der Waals surface area contributed by atoms with Crippen molar-refractivity contribution in [2.24, 2.45) is 0 Å². The molecule has 0 aliphatic rings. The molecule has 2 aromatic rings. The van der Waals surface area contributed by atoms with Gasteiger partial charge < -0.3 is 10.1 Å². The molecule has 0 saturated heterocycles. The Morgan fingerprint density at radius 2 is 1.95 bits per heavy atom. The van der Waals surface area contributed by atoms with Gasteiger partial charge in [-0.05, 0) is 55.3 Å². The van der Waals surface area contributed by atoms with Crippen LogP contribution in [0, 0.1) is 12.7 Å². The van der Waals surface area contributed by atoms with Crippen molar-refractivity contribution in [2.75, 3.05) is 6.61 Å². The minimum absolute atomic E-state index is 0.0990. The highest BCUT2D eigenvalue weighted by Gasteiger charge is 2.13. The average Bonchev–Trinajstić information content (AvgIpc) is 2.52. The number of amides is 1. The zero-order chi connectivity index (χ0) is 15.9. The van der Waals surface area contributed by atoms with E-state index in [1.54, 1.807) is 0 Å². The molecule has 2 aromatic carbocycles. The van der Waals surface area contributed by atoms with E-state index in [0.29, 0.717) is 12.2 Å². The Labute approximate surface area is 130 Å². The van der Waals surface area contributed by atoms with Crippen LogP contribution >= 0.6 is 0 Å². The number of halogens is 1. The summed E-state index contributed by atoms with van der Waals surface area (Å²) in [4.78, 5) is 12.1. The molecule has 0 aliphatic heterocycles. The molecule has 3 nitrogen and oxygen atoms in total. The van der Waals surface area contributed by atoms with Gasteiger partial charge in [-0.1, -0.05) is 19.1 Å². The predicted molar refractivity (Wildman–Crippen MR) is 84.6 cm³/mol. The normalized spacial score (nSPS) is 11.8. The molecular formula is C18H20FNO2. The second kappa shape index (κ2) is 7.59. The highest BCUT2D eigenvalue weighted by Crippen LogP contribution is 2.13. The maximum atomic E-state index is 12.9. The summed E-state index contributed by atoms with van der Waals surface area (Å²) in [6, 6.07) is 13.2. The van der Waals surface area contributed by atoms with Gasteiger partial charge in [0.2, 0.25) is 0 Å².